The number of carbonyl (C=O) groups excluding carboxylic acids is 1. The molecule has 2 fully saturated rings. The van der Waals surface area contributed by atoms with Crippen LogP contribution < -0.4 is 5.32 Å². The third-order valence-electron chi connectivity index (χ3n) is 4.24. The Labute approximate surface area is 129 Å². The molecule has 1 aromatic heterocycles. The summed E-state index contributed by atoms with van der Waals surface area (Å²) >= 11 is 1.93. The standard InChI is InChI=1S/C15H23N3O2S/c1-2-18-9-11(8-16-18)14-13(5-6-20-14)15(19)17-12-4-3-7-21-10-12/h8-9,12-14H,2-7,10H2,1H3,(H,17,19)/t12?,13-,14+/m0/s1. The van der Waals surface area contributed by atoms with Crippen LogP contribution in [0.3, 0.4) is 0 Å². The lowest BCUT2D eigenvalue weighted by Crippen LogP contribution is -2.42. The van der Waals surface area contributed by atoms with E-state index in [1.54, 1.807) is 0 Å². The summed E-state index contributed by atoms with van der Waals surface area (Å²) in [6, 6.07) is 0.330. The minimum atomic E-state index is -0.137. The van der Waals surface area contributed by atoms with Crippen LogP contribution in [-0.2, 0) is 16.1 Å². The Morgan fingerprint density at radius 1 is 1.57 bits per heavy atom. The van der Waals surface area contributed by atoms with E-state index in [1.807, 2.05) is 28.8 Å². The van der Waals surface area contributed by atoms with Crippen LogP contribution in [0.2, 0.25) is 0 Å². The summed E-state index contributed by atoms with van der Waals surface area (Å²) in [5, 5.41) is 7.50. The average Bonchev–Trinajstić information content (AvgIpc) is 3.16. The van der Waals surface area contributed by atoms with Gasteiger partial charge in [0.15, 0.2) is 0 Å². The van der Waals surface area contributed by atoms with Crippen LogP contribution in [0.5, 0.6) is 0 Å². The number of hydrogen-bond donors (Lipinski definition) is 1. The summed E-state index contributed by atoms with van der Waals surface area (Å²) in [5.74, 6) is 2.33. The van der Waals surface area contributed by atoms with Crippen LogP contribution in [0, 0.1) is 5.92 Å². The van der Waals surface area contributed by atoms with Gasteiger partial charge in [0.1, 0.15) is 0 Å². The number of amides is 1. The lowest BCUT2D eigenvalue weighted by atomic mass is 9.96. The van der Waals surface area contributed by atoms with Crippen molar-refractivity contribution >= 4 is 17.7 Å². The van der Waals surface area contributed by atoms with Crippen molar-refractivity contribution in [3.05, 3.63) is 18.0 Å². The minimum absolute atomic E-state index is 0.0774. The zero-order valence-corrected chi connectivity index (χ0v) is 13.3. The molecule has 2 saturated heterocycles. The third-order valence-corrected chi connectivity index (χ3v) is 5.46. The van der Waals surface area contributed by atoms with Gasteiger partial charge in [-0.2, -0.15) is 16.9 Å². The van der Waals surface area contributed by atoms with Gasteiger partial charge in [0.2, 0.25) is 5.91 Å². The van der Waals surface area contributed by atoms with E-state index in [1.165, 1.54) is 12.2 Å². The molecule has 21 heavy (non-hydrogen) atoms. The molecule has 0 aliphatic carbocycles. The summed E-state index contributed by atoms with van der Waals surface area (Å²) in [7, 11) is 0. The third kappa shape index (κ3) is 3.43. The topological polar surface area (TPSA) is 56.1 Å². The van der Waals surface area contributed by atoms with Crippen LogP contribution in [0.4, 0.5) is 0 Å². The van der Waals surface area contributed by atoms with E-state index in [9.17, 15) is 4.79 Å². The van der Waals surface area contributed by atoms with E-state index in [0.29, 0.717) is 12.6 Å². The highest BCUT2D eigenvalue weighted by molar-refractivity contribution is 7.99. The summed E-state index contributed by atoms with van der Waals surface area (Å²) < 4.78 is 7.68. The lowest BCUT2D eigenvalue weighted by molar-refractivity contribution is -0.127. The van der Waals surface area contributed by atoms with Gasteiger partial charge in [-0.1, -0.05) is 0 Å². The van der Waals surface area contributed by atoms with Gasteiger partial charge in [-0.25, -0.2) is 0 Å². The molecule has 3 rings (SSSR count). The maximum Gasteiger partial charge on any atom is 0.226 e. The van der Waals surface area contributed by atoms with E-state index < -0.39 is 0 Å². The van der Waals surface area contributed by atoms with Gasteiger partial charge in [0.25, 0.3) is 0 Å². The number of ether oxygens (including phenoxy) is 1. The fourth-order valence-corrected chi connectivity index (χ4v) is 4.12. The molecule has 1 aromatic rings. The van der Waals surface area contributed by atoms with Crippen molar-refractivity contribution in [3.63, 3.8) is 0 Å². The second-order valence-corrected chi connectivity index (χ2v) is 6.89. The monoisotopic (exact) mass is 309 g/mol. The van der Waals surface area contributed by atoms with Crippen molar-refractivity contribution in [2.45, 2.75) is 44.9 Å². The van der Waals surface area contributed by atoms with Crippen molar-refractivity contribution in [1.29, 1.82) is 0 Å². The normalized spacial score (nSPS) is 29.5. The molecule has 1 unspecified atom stereocenters. The second-order valence-electron chi connectivity index (χ2n) is 5.74. The van der Waals surface area contributed by atoms with Gasteiger partial charge in [0.05, 0.1) is 18.2 Å². The Morgan fingerprint density at radius 3 is 3.19 bits per heavy atom. The molecule has 0 bridgehead atoms. The zero-order valence-electron chi connectivity index (χ0n) is 12.5. The predicted octanol–water partition coefficient (Wildman–Crippen LogP) is 1.99. The molecule has 2 aliphatic rings. The van der Waals surface area contributed by atoms with Gasteiger partial charge < -0.3 is 10.1 Å². The van der Waals surface area contributed by atoms with E-state index >= 15 is 0 Å². The van der Waals surface area contributed by atoms with Gasteiger partial charge in [-0.3, -0.25) is 9.48 Å². The number of carbonyl (C=O) groups is 1. The van der Waals surface area contributed by atoms with Gasteiger partial charge in [0, 0.05) is 36.7 Å². The second kappa shape index (κ2) is 6.83. The minimum Gasteiger partial charge on any atom is -0.373 e. The largest absolute Gasteiger partial charge is 0.373 e. The summed E-state index contributed by atoms with van der Waals surface area (Å²) in [6.45, 7) is 3.54. The van der Waals surface area contributed by atoms with Crippen LogP contribution >= 0.6 is 11.8 Å². The fourth-order valence-electron chi connectivity index (χ4n) is 3.05. The fraction of sp³-hybridized carbons (Fsp3) is 0.733. The van der Waals surface area contributed by atoms with Crippen molar-refractivity contribution < 1.29 is 9.53 Å². The van der Waals surface area contributed by atoms with Gasteiger partial charge in [-0.05, 0) is 31.9 Å². The maximum atomic E-state index is 12.5. The van der Waals surface area contributed by atoms with E-state index in [0.717, 1.165) is 30.7 Å². The van der Waals surface area contributed by atoms with Crippen LogP contribution in [-0.4, -0.2) is 39.8 Å². The Kier molecular flexibility index (Phi) is 4.85. The van der Waals surface area contributed by atoms with Crippen LogP contribution in [0.25, 0.3) is 0 Å². The smallest absolute Gasteiger partial charge is 0.226 e. The number of rotatable bonds is 4. The molecule has 0 aromatic carbocycles. The summed E-state index contributed by atoms with van der Waals surface area (Å²) in [6.07, 6.45) is 6.78. The van der Waals surface area contributed by atoms with Crippen molar-refractivity contribution in [1.82, 2.24) is 15.1 Å². The van der Waals surface area contributed by atoms with E-state index in [4.69, 9.17) is 4.74 Å². The Bertz CT molecular complexity index is 485. The molecule has 0 radical (unpaired) electrons. The average molecular weight is 309 g/mol. The Morgan fingerprint density at radius 2 is 2.48 bits per heavy atom. The van der Waals surface area contributed by atoms with E-state index in [2.05, 4.69) is 17.3 Å². The molecule has 1 amide bonds. The molecule has 3 heterocycles. The molecule has 0 saturated carbocycles. The Hall–Kier alpha value is -1.01. The quantitative estimate of drug-likeness (QED) is 0.924. The first-order chi connectivity index (χ1) is 10.3. The Balaban J connectivity index is 1.63. The number of nitrogens with zero attached hydrogens (tertiary/aromatic N) is 2. The molecular formula is C15H23N3O2S. The summed E-state index contributed by atoms with van der Waals surface area (Å²) in [4.78, 5) is 12.5. The number of hydrogen-bond acceptors (Lipinski definition) is 4. The van der Waals surface area contributed by atoms with Crippen molar-refractivity contribution in [3.8, 4) is 0 Å². The molecule has 6 heteroatoms. The number of aromatic nitrogens is 2. The number of nitrogens with one attached hydrogen (secondary N) is 1. The van der Waals surface area contributed by atoms with Crippen LogP contribution in [0.15, 0.2) is 12.4 Å². The van der Waals surface area contributed by atoms with Crippen molar-refractivity contribution in [2.24, 2.45) is 5.92 Å². The first-order valence-electron chi connectivity index (χ1n) is 7.80. The first-order valence-corrected chi connectivity index (χ1v) is 8.95. The predicted molar refractivity (Wildman–Crippen MR) is 83.2 cm³/mol. The highest BCUT2D eigenvalue weighted by atomic mass is 32.2. The highest BCUT2D eigenvalue weighted by Gasteiger charge is 2.36. The number of thioether (sulfide) groups is 1. The molecule has 116 valence electrons. The molecule has 1 N–H and O–H groups in total. The molecule has 3 atom stereocenters. The zero-order chi connectivity index (χ0) is 14.7. The first kappa shape index (κ1) is 14.9. The molecule has 2 aliphatic heterocycles. The maximum absolute atomic E-state index is 12.5. The van der Waals surface area contributed by atoms with Crippen LogP contribution in [0.1, 0.15) is 37.9 Å². The van der Waals surface area contributed by atoms with E-state index in [-0.39, 0.29) is 17.9 Å². The molecular weight excluding hydrogens is 286 g/mol. The summed E-state index contributed by atoms with van der Waals surface area (Å²) in [5.41, 5.74) is 1.02. The highest BCUT2D eigenvalue weighted by Crippen LogP contribution is 2.34. The molecule has 5 nitrogen and oxygen atoms in total. The van der Waals surface area contributed by atoms with Gasteiger partial charge in [-0.15, -0.1) is 0 Å². The SMILES string of the molecule is CCn1cc([C@H]2OCC[C@@H]2C(=O)NC2CCCSC2)cn1. The lowest BCUT2D eigenvalue weighted by Gasteiger charge is -2.25. The molecule has 0 spiro atoms. The van der Waals surface area contributed by atoms with Crippen molar-refractivity contribution in [2.75, 3.05) is 18.1 Å². The number of aryl methyl sites for hydroxylation is 1. The van der Waals surface area contributed by atoms with Gasteiger partial charge >= 0.3 is 0 Å².